The standard InChI is InChI=1S/C7H14N4S/c1-5(2)8-7-9-6(10-12-7)11(3)4/h5H,1-4H3,(H,8,9,10). The summed E-state index contributed by atoms with van der Waals surface area (Å²) in [5, 5.41) is 4.08. The van der Waals surface area contributed by atoms with Gasteiger partial charge in [0, 0.05) is 31.7 Å². The van der Waals surface area contributed by atoms with Crippen LogP contribution >= 0.6 is 11.5 Å². The molecule has 0 saturated heterocycles. The Hall–Kier alpha value is -0.840. The van der Waals surface area contributed by atoms with Gasteiger partial charge in [0.15, 0.2) is 0 Å². The van der Waals surface area contributed by atoms with E-state index in [-0.39, 0.29) is 0 Å². The van der Waals surface area contributed by atoms with E-state index in [1.165, 1.54) is 11.5 Å². The molecule has 12 heavy (non-hydrogen) atoms. The van der Waals surface area contributed by atoms with E-state index in [0.717, 1.165) is 11.1 Å². The Balaban J connectivity index is 2.64. The zero-order valence-corrected chi connectivity index (χ0v) is 8.64. The molecule has 0 saturated carbocycles. The Kier molecular flexibility index (Phi) is 2.86. The fourth-order valence-corrected chi connectivity index (χ4v) is 1.49. The highest BCUT2D eigenvalue weighted by Gasteiger charge is 2.05. The van der Waals surface area contributed by atoms with Crippen molar-refractivity contribution in [1.29, 1.82) is 0 Å². The molecule has 0 unspecified atom stereocenters. The summed E-state index contributed by atoms with van der Waals surface area (Å²) in [5.74, 6) is 0.767. The summed E-state index contributed by atoms with van der Waals surface area (Å²) >= 11 is 1.39. The van der Waals surface area contributed by atoms with Crippen LogP contribution in [0.25, 0.3) is 0 Å². The predicted octanol–water partition coefficient (Wildman–Crippen LogP) is 1.42. The average Bonchev–Trinajstić information content (AvgIpc) is 2.34. The molecule has 0 amide bonds. The summed E-state index contributed by atoms with van der Waals surface area (Å²) < 4.78 is 4.16. The van der Waals surface area contributed by atoms with Crippen molar-refractivity contribution >= 4 is 22.6 Å². The van der Waals surface area contributed by atoms with Gasteiger partial charge in [-0.1, -0.05) is 0 Å². The van der Waals surface area contributed by atoms with Crippen molar-refractivity contribution in [1.82, 2.24) is 9.36 Å². The molecule has 1 aromatic rings. The van der Waals surface area contributed by atoms with Gasteiger partial charge in [-0.15, -0.1) is 0 Å². The van der Waals surface area contributed by atoms with E-state index >= 15 is 0 Å². The van der Waals surface area contributed by atoms with Crippen LogP contribution in [0.5, 0.6) is 0 Å². The topological polar surface area (TPSA) is 41.1 Å². The Bertz CT molecular complexity index is 243. The second-order valence-corrected chi connectivity index (χ2v) is 3.84. The molecule has 0 aliphatic carbocycles. The van der Waals surface area contributed by atoms with Crippen LogP contribution in [0.15, 0.2) is 0 Å². The highest BCUT2D eigenvalue weighted by molar-refractivity contribution is 7.09. The number of nitrogens with one attached hydrogen (secondary N) is 1. The van der Waals surface area contributed by atoms with Gasteiger partial charge in [-0.25, -0.2) is 0 Å². The zero-order chi connectivity index (χ0) is 9.14. The van der Waals surface area contributed by atoms with Gasteiger partial charge in [-0.3, -0.25) is 0 Å². The third-order valence-electron chi connectivity index (χ3n) is 1.23. The molecule has 0 aliphatic rings. The zero-order valence-electron chi connectivity index (χ0n) is 7.83. The van der Waals surface area contributed by atoms with Gasteiger partial charge in [-0.05, 0) is 13.8 Å². The first-order chi connectivity index (χ1) is 5.59. The Labute approximate surface area is 76.8 Å². The maximum atomic E-state index is 4.27. The van der Waals surface area contributed by atoms with Gasteiger partial charge >= 0.3 is 0 Å². The molecule has 0 aromatic carbocycles. The number of aromatic nitrogens is 2. The number of hydrogen-bond acceptors (Lipinski definition) is 5. The van der Waals surface area contributed by atoms with Crippen LogP contribution in [0, 0.1) is 0 Å². The van der Waals surface area contributed by atoms with Gasteiger partial charge in [0.25, 0.3) is 0 Å². The first-order valence-electron chi connectivity index (χ1n) is 3.87. The van der Waals surface area contributed by atoms with Crippen LogP contribution in [0.2, 0.25) is 0 Å². The molecule has 5 heteroatoms. The lowest BCUT2D eigenvalue weighted by molar-refractivity contribution is 0.894. The van der Waals surface area contributed by atoms with E-state index in [2.05, 4.69) is 28.5 Å². The van der Waals surface area contributed by atoms with E-state index in [1.807, 2.05) is 19.0 Å². The van der Waals surface area contributed by atoms with Crippen molar-refractivity contribution in [2.75, 3.05) is 24.3 Å². The molecule has 1 rings (SSSR count). The van der Waals surface area contributed by atoms with Gasteiger partial charge < -0.3 is 10.2 Å². The highest BCUT2D eigenvalue weighted by Crippen LogP contribution is 2.16. The lowest BCUT2D eigenvalue weighted by Gasteiger charge is -2.05. The monoisotopic (exact) mass is 186 g/mol. The van der Waals surface area contributed by atoms with E-state index in [1.54, 1.807) is 0 Å². The average molecular weight is 186 g/mol. The number of hydrogen-bond donors (Lipinski definition) is 1. The van der Waals surface area contributed by atoms with Crippen molar-refractivity contribution in [2.45, 2.75) is 19.9 Å². The molecule has 0 aliphatic heterocycles. The number of nitrogens with zero attached hydrogens (tertiary/aromatic N) is 3. The van der Waals surface area contributed by atoms with Crippen LogP contribution in [0.3, 0.4) is 0 Å². The molecular formula is C7H14N4S. The minimum Gasteiger partial charge on any atom is -0.358 e. The smallest absolute Gasteiger partial charge is 0.238 e. The molecule has 1 heterocycles. The lowest BCUT2D eigenvalue weighted by Crippen LogP contribution is -2.12. The SMILES string of the molecule is CC(C)Nc1nc(N(C)C)ns1. The van der Waals surface area contributed by atoms with E-state index in [0.29, 0.717) is 6.04 Å². The summed E-state index contributed by atoms with van der Waals surface area (Å²) in [6.45, 7) is 4.16. The van der Waals surface area contributed by atoms with Crippen LogP contribution in [0.1, 0.15) is 13.8 Å². The van der Waals surface area contributed by atoms with Gasteiger partial charge in [0.2, 0.25) is 11.1 Å². The molecule has 0 bridgehead atoms. The Morgan fingerprint density at radius 2 is 2.08 bits per heavy atom. The molecule has 68 valence electrons. The molecule has 1 N–H and O–H groups in total. The van der Waals surface area contributed by atoms with Crippen molar-refractivity contribution in [3.05, 3.63) is 0 Å². The summed E-state index contributed by atoms with van der Waals surface area (Å²) in [6, 6.07) is 0.410. The predicted molar refractivity (Wildman–Crippen MR) is 53.0 cm³/mol. The quantitative estimate of drug-likeness (QED) is 0.775. The van der Waals surface area contributed by atoms with Crippen molar-refractivity contribution < 1.29 is 0 Å². The van der Waals surface area contributed by atoms with E-state index in [9.17, 15) is 0 Å². The van der Waals surface area contributed by atoms with E-state index < -0.39 is 0 Å². The summed E-state index contributed by atoms with van der Waals surface area (Å²) in [7, 11) is 3.86. The van der Waals surface area contributed by atoms with Crippen molar-refractivity contribution in [2.24, 2.45) is 0 Å². The molecule has 0 spiro atoms. The fourth-order valence-electron chi connectivity index (χ4n) is 0.703. The first-order valence-corrected chi connectivity index (χ1v) is 4.64. The van der Waals surface area contributed by atoms with Gasteiger partial charge in [-0.2, -0.15) is 9.36 Å². The molecular weight excluding hydrogens is 172 g/mol. The third kappa shape index (κ3) is 2.34. The highest BCUT2D eigenvalue weighted by atomic mass is 32.1. The second-order valence-electron chi connectivity index (χ2n) is 3.09. The second kappa shape index (κ2) is 3.71. The van der Waals surface area contributed by atoms with Gasteiger partial charge in [0.1, 0.15) is 0 Å². The third-order valence-corrected chi connectivity index (χ3v) is 1.86. The summed E-state index contributed by atoms with van der Waals surface area (Å²) in [5.41, 5.74) is 0. The minimum atomic E-state index is 0.410. The minimum absolute atomic E-state index is 0.410. The molecule has 0 fully saturated rings. The summed E-state index contributed by atoms with van der Waals surface area (Å²) in [6.07, 6.45) is 0. The molecule has 0 radical (unpaired) electrons. The van der Waals surface area contributed by atoms with Gasteiger partial charge in [0.05, 0.1) is 0 Å². The maximum absolute atomic E-state index is 4.27. The van der Waals surface area contributed by atoms with Crippen molar-refractivity contribution in [3.8, 4) is 0 Å². The maximum Gasteiger partial charge on any atom is 0.238 e. The van der Waals surface area contributed by atoms with Crippen LogP contribution in [-0.2, 0) is 0 Å². The summed E-state index contributed by atoms with van der Waals surface area (Å²) in [4.78, 5) is 6.16. The first kappa shape index (κ1) is 9.25. The van der Waals surface area contributed by atoms with Crippen LogP contribution in [0.4, 0.5) is 11.1 Å². The Morgan fingerprint density at radius 1 is 1.42 bits per heavy atom. The lowest BCUT2D eigenvalue weighted by atomic mass is 10.4. The van der Waals surface area contributed by atoms with E-state index in [4.69, 9.17) is 0 Å². The largest absolute Gasteiger partial charge is 0.358 e. The molecule has 1 aromatic heterocycles. The number of anilines is 2. The number of rotatable bonds is 3. The molecule has 4 nitrogen and oxygen atoms in total. The normalized spacial score (nSPS) is 10.4. The fraction of sp³-hybridized carbons (Fsp3) is 0.714. The Morgan fingerprint density at radius 3 is 2.50 bits per heavy atom. The van der Waals surface area contributed by atoms with Crippen LogP contribution < -0.4 is 10.2 Å². The molecule has 0 atom stereocenters. The van der Waals surface area contributed by atoms with Crippen LogP contribution in [-0.4, -0.2) is 29.5 Å². The van der Waals surface area contributed by atoms with Crippen molar-refractivity contribution in [3.63, 3.8) is 0 Å².